The van der Waals surface area contributed by atoms with E-state index >= 15 is 0 Å². The fourth-order valence-electron chi connectivity index (χ4n) is 2.84. The Balaban J connectivity index is 1.47. The van der Waals surface area contributed by atoms with Gasteiger partial charge in [0.2, 0.25) is 0 Å². The van der Waals surface area contributed by atoms with Gasteiger partial charge in [0.05, 0.1) is 6.20 Å². The summed E-state index contributed by atoms with van der Waals surface area (Å²) in [5.74, 6) is 0.0574. The first-order valence-corrected chi connectivity index (χ1v) is 8.32. The first-order chi connectivity index (χ1) is 13.4. The molecule has 4 heterocycles. The molecule has 0 aliphatic rings. The van der Waals surface area contributed by atoms with E-state index in [9.17, 15) is 17.6 Å². The second-order valence-corrected chi connectivity index (χ2v) is 6.27. The van der Waals surface area contributed by atoms with Crippen LogP contribution in [0.1, 0.15) is 28.2 Å². The third kappa shape index (κ3) is 3.83. The smallest absolute Gasteiger partial charge is 0.346 e. The number of hydrogen-bond acceptors (Lipinski definition) is 4. The van der Waals surface area contributed by atoms with Crippen molar-refractivity contribution >= 4 is 11.0 Å². The second-order valence-electron chi connectivity index (χ2n) is 6.27. The molecule has 9 heteroatoms. The molecule has 0 aliphatic heterocycles. The van der Waals surface area contributed by atoms with E-state index in [1.807, 2.05) is 0 Å². The maximum Gasteiger partial charge on any atom is 0.433 e. The summed E-state index contributed by atoms with van der Waals surface area (Å²) in [5.41, 5.74) is 1.93. The Labute approximate surface area is 156 Å². The molecule has 28 heavy (non-hydrogen) atoms. The molecule has 0 fully saturated rings. The van der Waals surface area contributed by atoms with Gasteiger partial charge in [-0.2, -0.15) is 13.2 Å². The highest BCUT2D eigenvalue weighted by Gasteiger charge is 2.32. The maximum absolute atomic E-state index is 13.4. The van der Waals surface area contributed by atoms with Gasteiger partial charge in [-0.05, 0) is 28.8 Å². The van der Waals surface area contributed by atoms with Crippen molar-refractivity contribution < 1.29 is 17.6 Å². The van der Waals surface area contributed by atoms with Gasteiger partial charge in [-0.25, -0.2) is 19.3 Å². The molecule has 0 radical (unpaired) electrons. The monoisotopic (exact) mass is 387 g/mol. The van der Waals surface area contributed by atoms with Crippen molar-refractivity contribution in [3.8, 4) is 0 Å². The predicted molar refractivity (Wildman–Crippen MR) is 92.9 cm³/mol. The van der Waals surface area contributed by atoms with Crippen molar-refractivity contribution in [2.75, 3.05) is 0 Å². The summed E-state index contributed by atoms with van der Waals surface area (Å²) in [6.07, 6.45) is 3.68. The molecule has 0 aromatic carbocycles. The number of fused-ring (bicyclic) bond motifs is 1. The van der Waals surface area contributed by atoms with Gasteiger partial charge >= 0.3 is 6.18 Å². The van der Waals surface area contributed by atoms with Crippen molar-refractivity contribution in [2.24, 2.45) is 0 Å². The summed E-state index contributed by atoms with van der Waals surface area (Å²) >= 11 is 0. The Morgan fingerprint density at radius 1 is 0.857 bits per heavy atom. The van der Waals surface area contributed by atoms with Gasteiger partial charge in [0.15, 0.2) is 0 Å². The number of alkyl halides is 3. The van der Waals surface area contributed by atoms with E-state index in [1.54, 1.807) is 18.6 Å². The first kappa shape index (κ1) is 18.0. The minimum atomic E-state index is -4.46. The Morgan fingerprint density at radius 2 is 1.61 bits per heavy atom. The van der Waals surface area contributed by atoms with Gasteiger partial charge in [-0.3, -0.25) is 4.98 Å². The highest BCUT2D eigenvalue weighted by atomic mass is 19.4. The van der Waals surface area contributed by atoms with Crippen LogP contribution in [0.15, 0.2) is 49.2 Å². The molecule has 0 aliphatic carbocycles. The number of aromatic nitrogens is 5. The standard InChI is InChI=1S/C19H13F4N5/c20-14-5-15-13(9-27-18(15)28-10-14)3-12-7-25-17(26-8-12)4-11-1-2-16(24-6-11)19(21,22)23/h1-2,5-10H,3-4H2,(H,27,28). The van der Waals surface area contributed by atoms with Crippen molar-refractivity contribution in [3.63, 3.8) is 0 Å². The number of pyridine rings is 2. The lowest BCUT2D eigenvalue weighted by Crippen LogP contribution is -2.08. The zero-order chi connectivity index (χ0) is 19.7. The van der Waals surface area contributed by atoms with Crippen LogP contribution in [0.5, 0.6) is 0 Å². The number of rotatable bonds is 4. The van der Waals surface area contributed by atoms with E-state index in [0.29, 0.717) is 28.8 Å². The molecule has 0 bridgehead atoms. The van der Waals surface area contributed by atoms with E-state index in [1.165, 1.54) is 18.3 Å². The Bertz CT molecular complexity index is 1100. The Kier molecular flexibility index (Phi) is 4.50. The quantitative estimate of drug-likeness (QED) is 0.536. The van der Waals surface area contributed by atoms with Gasteiger partial charge in [0.1, 0.15) is 23.0 Å². The van der Waals surface area contributed by atoms with Gasteiger partial charge < -0.3 is 4.98 Å². The molecular formula is C19H13F4N5. The largest absolute Gasteiger partial charge is 0.433 e. The normalized spacial score (nSPS) is 11.9. The van der Waals surface area contributed by atoms with E-state index in [-0.39, 0.29) is 6.42 Å². The molecule has 142 valence electrons. The minimum Gasteiger partial charge on any atom is -0.346 e. The lowest BCUT2D eigenvalue weighted by atomic mass is 10.1. The molecular weight excluding hydrogens is 374 g/mol. The molecule has 0 saturated heterocycles. The Hall–Kier alpha value is -3.36. The lowest BCUT2D eigenvalue weighted by Gasteiger charge is -2.06. The van der Waals surface area contributed by atoms with Gasteiger partial charge in [-0.15, -0.1) is 0 Å². The summed E-state index contributed by atoms with van der Waals surface area (Å²) in [6, 6.07) is 3.72. The average molecular weight is 387 g/mol. The first-order valence-electron chi connectivity index (χ1n) is 8.32. The van der Waals surface area contributed by atoms with E-state index in [4.69, 9.17) is 0 Å². The fraction of sp³-hybridized carbons (Fsp3) is 0.158. The van der Waals surface area contributed by atoms with E-state index < -0.39 is 17.7 Å². The van der Waals surface area contributed by atoms with E-state index in [2.05, 4.69) is 24.9 Å². The highest BCUT2D eigenvalue weighted by Crippen LogP contribution is 2.27. The zero-order valence-corrected chi connectivity index (χ0v) is 14.3. The van der Waals surface area contributed by atoms with Gasteiger partial charge in [-0.1, -0.05) is 6.07 Å². The average Bonchev–Trinajstić information content (AvgIpc) is 3.05. The number of nitrogens with zero attached hydrogens (tertiary/aromatic N) is 4. The third-order valence-corrected chi connectivity index (χ3v) is 4.21. The molecule has 5 nitrogen and oxygen atoms in total. The summed E-state index contributed by atoms with van der Waals surface area (Å²) in [6.45, 7) is 0. The lowest BCUT2D eigenvalue weighted by molar-refractivity contribution is -0.141. The van der Waals surface area contributed by atoms with Crippen molar-refractivity contribution in [1.82, 2.24) is 24.9 Å². The highest BCUT2D eigenvalue weighted by molar-refractivity contribution is 5.79. The summed E-state index contributed by atoms with van der Waals surface area (Å²) in [5, 5.41) is 0.694. The van der Waals surface area contributed by atoms with Crippen LogP contribution in [0.3, 0.4) is 0 Å². The molecule has 0 saturated carbocycles. The van der Waals surface area contributed by atoms with Gasteiger partial charge in [0.25, 0.3) is 0 Å². The second kappa shape index (κ2) is 6.99. The molecule has 4 aromatic rings. The molecule has 0 spiro atoms. The van der Waals surface area contributed by atoms with Crippen LogP contribution in [0, 0.1) is 5.82 Å². The minimum absolute atomic E-state index is 0.271. The number of hydrogen-bond donors (Lipinski definition) is 1. The van der Waals surface area contributed by atoms with Crippen LogP contribution in [0.2, 0.25) is 0 Å². The van der Waals surface area contributed by atoms with E-state index in [0.717, 1.165) is 23.4 Å². The summed E-state index contributed by atoms with van der Waals surface area (Å²) in [7, 11) is 0. The molecule has 4 rings (SSSR count). The van der Waals surface area contributed by atoms with Gasteiger partial charge in [0, 0.05) is 43.0 Å². The predicted octanol–water partition coefficient (Wildman–Crippen LogP) is 4.09. The van der Waals surface area contributed by atoms with Crippen molar-refractivity contribution in [2.45, 2.75) is 19.0 Å². The molecule has 4 aromatic heterocycles. The number of halogens is 4. The number of nitrogens with one attached hydrogen (secondary N) is 1. The van der Waals surface area contributed by atoms with Crippen molar-refractivity contribution in [1.29, 1.82) is 0 Å². The summed E-state index contributed by atoms with van der Waals surface area (Å²) < 4.78 is 51.1. The number of H-pyrrole nitrogens is 1. The van der Waals surface area contributed by atoms with Crippen LogP contribution in [-0.2, 0) is 19.0 Å². The third-order valence-electron chi connectivity index (χ3n) is 4.21. The molecule has 0 unspecified atom stereocenters. The van der Waals surface area contributed by atoms with Crippen LogP contribution in [0.4, 0.5) is 17.6 Å². The molecule has 1 N–H and O–H groups in total. The van der Waals surface area contributed by atoms with Crippen molar-refractivity contribution in [3.05, 3.63) is 83.2 Å². The SMILES string of the molecule is Fc1cnc2[nH]cc(Cc3cnc(Cc4ccc(C(F)(F)F)nc4)nc3)c2c1. The van der Waals surface area contributed by atoms with Crippen LogP contribution in [-0.4, -0.2) is 24.9 Å². The summed E-state index contributed by atoms with van der Waals surface area (Å²) in [4.78, 5) is 18.9. The topological polar surface area (TPSA) is 67.3 Å². The Morgan fingerprint density at radius 3 is 2.29 bits per heavy atom. The molecule has 0 atom stereocenters. The van der Waals surface area contributed by atoms with Crippen LogP contribution >= 0.6 is 0 Å². The molecule has 0 amide bonds. The maximum atomic E-state index is 13.4. The fourth-order valence-corrected chi connectivity index (χ4v) is 2.84. The zero-order valence-electron chi connectivity index (χ0n) is 14.3. The van der Waals surface area contributed by atoms with Crippen LogP contribution in [0.25, 0.3) is 11.0 Å². The van der Waals surface area contributed by atoms with Crippen LogP contribution < -0.4 is 0 Å². The number of aromatic amines is 1.